The van der Waals surface area contributed by atoms with Crippen LogP contribution in [0.5, 0.6) is 0 Å². The molecule has 7 heteroatoms. The maximum Gasteiger partial charge on any atom is 0.142 e. The number of rotatable bonds is 3. The lowest BCUT2D eigenvalue weighted by Gasteiger charge is -2.17. The first-order valence-electron chi connectivity index (χ1n) is 5.13. The Kier molecular flexibility index (Phi) is 4.01. The Balaban J connectivity index is 2.48. The third-order valence-electron chi connectivity index (χ3n) is 2.65. The zero-order valence-corrected chi connectivity index (χ0v) is 11.8. The van der Waals surface area contributed by atoms with E-state index in [2.05, 4.69) is 26.5 Å². The van der Waals surface area contributed by atoms with Gasteiger partial charge in [-0.25, -0.2) is 9.82 Å². The molecule has 0 saturated carbocycles. The van der Waals surface area contributed by atoms with Crippen molar-refractivity contribution in [2.75, 3.05) is 0 Å². The molecule has 1 heterocycles. The molecule has 0 bridgehead atoms. The van der Waals surface area contributed by atoms with Gasteiger partial charge in [0, 0.05) is 7.05 Å². The summed E-state index contributed by atoms with van der Waals surface area (Å²) in [4.78, 5) is 0. The van der Waals surface area contributed by atoms with Crippen LogP contribution >= 0.6 is 27.5 Å². The van der Waals surface area contributed by atoms with Crippen molar-refractivity contribution in [3.63, 3.8) is 0 Å². The molecule has 3 N–H and O–H groups in total. The minimum absolute atomic E-state index is 0.0820. The van der Waals surface area contributed by atoms with Gasteiger partial charge in [-0.2, -0.15) is 5.10 Å². The van der Waals surface area contributed by atoms with Crippen LogP contribution in [-0.2, 0) is 7.05 Å². The van der Waals surface area contributed by atoms with Crippen LogP contribution in [0, 0.1) is 5.82 Å². The van der Waals surface area contributed by atoms with Crippen molar-refractivity contribution in [2.45, 2.75) is 6.04 Å². The maximum atomic E-state index is 13.5. The highest BCUT2D eigenvalue weighted by molar-refractivity contribution is 9.10. The van der Waals surface area contributed by atoms with Crippen molar-refractivity contribution in [3.8, 4) is 0 Å². The molecule has 1 unspecified atom stereocenters. The first-order chi connectivity index (χ1) is 8.54. The van der Waals surface area contributed by atoms with Crippen LogP contribution < -0.4 is 11.3 Å². The predicted octanol–water partition coefficient (Wildman–Crippen LogP) is 2.53. The summed E-state index contributed by atoms with van der Waals surface area (Å²) in [5.41, 5.74) is 4.12. The lowest BCUT2D eigenvalue weighted by Crippen LogP contribution is -2.30. The summed E-state index contributed by atoms with van der Waals surface area (Å²) in [7, 11) is 1.79. The Morgan fingerprint density at radius 3 is 2.78 bits per heavy atom. The molecule has 0 aliphatic heterocycles. The molecule has 0 saturated heterocycles. The predicted molar refractivity (Wildman–Crippen MR) is 71.5 cm³/mol. The van der Waals surface area contributed by atoms with Crippen molar-refractivity contribution in [1.29, 1.82) is 0 Å². The first kappa shape index (κ1) is 13.5. The lowest BCUT2D eigenvalue weighted by atomic mass is 10.0. The fourth-order valence-corrected chi connectivity index (χ4v) is 2.46. The Morgan fingerprint density at radius 1 is 1.56 bits per heavy atom. The number of hydrogen-bond donors (Lipinski definition) is 2. The molecule has 0 aliphatic rings. The number of benzene rings is 1. The number of nitrogens with one attached hydrogen (secondary N) is 1. The van der Waals surface area contributed by atoms with E-state index in [0.29, 0.717) is 5.56 Å². The molecular weight excluding hydrogens is 323 g/mol. The van der Waals surface area contributed by atoms with E-state index in [0.717, 1.165) is 10.2 Å². The van der Waals surface area contributed by atoms with Gasteiger partial charge in [0.1, 0.15) is 5.82 Å². The second kappa shape index (κ2) is 5.36. The van der Waals surface area contributed by atoms with Gasteiger partial charge in [-0.3, -0.25) is 10.5 Å². The van der Waals surface area contributed by atoms with Gasteiger partial charge in [-0.1, -0.05) is 17.7 Å². The van der Waals surface area contributed by atoms with Gasteiger partial charge in [0.2, 0.25) is 0 Å². The summed E-state index contributed by atoms with van der Waals surface area (Å²) in [6.07, 6.45) is 1.66. The molecule has 0 amide bonds. The number of aromatic nitrogens is 2. The number of hydrazine groups is 1. The third kappa shape index (κ3) is 2.42. The SMILES string of the molecule is Cn1ncc(Br)c1C(NN)c1ccc(Cl)c(F)c1. The highest BCUT2D eigenvalue weighted by Gasteiger charge is 2.20. The van der Waals surface area contributed by atoms with Crippen LogP contribution in [0.1, 0.15) is 17.3 Å². The van der Waals surface area contributed by atoms with E-state index in [4.69, 9.17) is 17.4 Å². The summed E-state index contributed by atoms with van der Waals surface area (Å²) in [5, 5.41) is 4.19. The zero-order valence-electron chi connectivity index (χ0n) is 9.49. The fraction of sp³-hybridized carbons (Fsp3) is 0.182. The van der Waals surface area contributed by atoms with E-state index in [1.165, 1.54) is 12.1 Å². The van der Waals surface area contributed by atoms with E-state index < -0.39 is 5.82 Å². The summed E-state index contributed by atoms with van der Waals surface area (Å²) < 4.78 is 15.9. The van der Waals surface area contributed by atoms with E-state index >= 15 is 0 Å². The minimum Gasteiger partial charge on any atom is -0.271 e. The van der Waals surface area contributed by atoms with Crippen LogP contribution in [-0.4, -0.2) is 9.78 Å². The molecule has 0 radical (unpaired) electrons. The van der Waals surface area contributed by atoms with E-state index in [9.17, 15) is 4.39 Å². The van der Waals surface area contributed by atoms with Crippen LogP contribution in [0.2, 0.25) is 5.02 Å². The van der Waals surface area contributed by atoms with Crippen molar-refractivity contribution >= 4 is 27.5 Å². The molecular formula is C11H11BrClFN4. The molecule has 2 rings (SSSR count). The molecule has 2 aromatic rings. The minimum atomic E-state index is -0.479. The quantitative estimate of drug-likeness (QED) is 0.670. The normalized spacial score (nSPS) is 12.7. The number of hydrogen-bond acceptors (Lipinski definition) is 3. The maximum absolute atomic E-state index is 13.5. The van der Waals surface area contributed by atoms with Crippen molar-refractivity contribution in [1.82, 2.24) is 15.2 Å². The molecule has 4 nitrogen and oxygen atoms in total. The Morgan fingerprint density at radius 2 is 2.28 bits per heavy atom. The highest BCUT2D eigenvalue weighted by atomic mass is 79.9. The fourth-order valence-electron chi connectivity index (χ4n) is 1.77. The Hall–Kier alpha value is -0.950. The molecule has 1 aromatic heterocycles. The number of aryl methyl sites for hydroxylation is 1. The molecule has 0 fully saturated rings. The second-order valence-electron chi connectivity index (χ2n) is 3.77. The van der Waals surface area contributed by atoms with Crippen molar-refractivity contribution in [2.24, 2.45) is 12.9 Å². The van der Waals surface area contributed by atoms with E-state index in [-0.39, 0.29) is 11.1 Å². The Bertz CT molecular complexity index is 553. The smallest absolute Gasteiger partial charge is 0.142 e. The van der Waals surface area contributed by atoms with Gasteiger partial charge >= 0.3 is 0 Å². The number of halogens is 3. The average Bonchev–Trinajstić information content (AvgIpc) is 2.66. The highest BCUT2D eigenvalue weighted by Crippen LogP contribution is 2.29. The number of nitrogens with zero attached hydrogens (tertiary/aromatic N) is 2. The molecule has 0 aliphatic carbocycles. The molecule has 0 spiro atoms. The zero-order chi connectivity index (χ0) is 13.3. The standard InChI is InChI=1S/C11H11BrClFN4/c1-18-11(7(12)5-16-18)10(17-15)6-2-3-8(13)9(14)4-6/h2-5,10,17H,15H2,1H3. The van der Waals surface area contributed by atoms with Gasteiger partial charge in [-0.15, -0.1) is 0 Å². The second-order valence-corrected chi connectivity index (χ2v) is 5.04. The summed E-state index contributed by atoms with van der Waals surface area (Å²) in [6, 6.07) is 4.20. The van der Waals surface area contributed by atoms with Gasteiger partial charge in [-0.05, 0) is 33.6 Å². The van der Waals surface area contributed by atoms with Crippen molar-refractivity contribution < 1.29 is 4.39 Å². The summed E-state index contributed by atoms with van der Waals surface area (Å²) in [5.74, 6) is 5.08. The lowest BCUT2D eigenvalue weighted by molar-refractivity contribution is 0.565. The molecule has 1 atom stereocenters. The van der Waals surface area contributed by atoms with Gasteiger partial charge in [0.05, 0.1) is 27.4 Å². The van der Waals surface area contributed by atoms with Crippen molar-refractivity contribution in [3.05, 3.63) is 51.0 Å². The van der Waals surface area contributed by atoms with Crippen LogP contribution in [0.15, 0.2) is 28.9 Å². The summed E-state index contributed by atoms with van der Waals surface area (Å²) in [6.45, 7) is 0. The van der Waals surface area contributed by atoms with Gasteiger partial charge < -0.3 is 0 Å². The summed E-state index contributed by atoms with van der Waals surface area (Å²) >= 11 is 9.05. The Labute approximate surface area is 117 Å². The first-order valence-corrected chi connectivity index (χ1v) is 6.30. The third-order valence-corrected chi connectivity index (χ3v) is 3.57. The molecule has 1 aromatic carbocycles. The van der Waals surface area contributed by atoms with Crippen LogP contribution in [0.25, 0.3) is 0 Å². The largest absolute Gasteiger partial charge is 0.271 e. The average molecular weight is 334 g/mol. The number of nitrogens with two attached hydrogens (primary N) is 1. The van der Waals surface area contributed by atoms with Crippen LogP contribution in [0.4, 0.5) is 4.39 Å². The molecule has 18 heavy (non-hydrogen) atoms. The van der Waals surface area contributed by atoms with E-state index in [1.54, 1.807) is 24.0 Å². The monoisotopic (exact) mass is 332 g/mol. The topological polar surface area (TPSA) is 55.9 Å². The van der Waals surface area contributed by atoms with E-state index in [1.807, 2.05) is 0 Å². The van der Waals surface area contributed by atoms with Gasteiger partial charge in [0.25, 0.3) is 0 Å². The van der Waals surface area contributed by atoms with Gasteiger partial charge in [0.15, 0.2) is 0 Å². The molecule has 96 valence electrons. The van der Waals surface area contributed by atoms with Crippen LogP contribution in [0.3, 0.4) is 0 Å².